The first-order valence-electron chi connectivity index (χ1n) is 8.80. The van der Waals surface area contributed by atoms with Crippen molar-refractivity contribution in [2.24, 2.45) is 5.92 Å². The maximum atomic E-state index is 5.90. The van der Waals surface area contributed by atoms with Gasteiger partial charge in [0.1, 0.15) is 0 Å². The third-order valence-electron chi connectivity index (χ3n) is 4.42. The quantitative estimate of drug-likeness (QED) is 0.740. The van der Waals surface area contributed by atoms with Gasteiger partial charge in [0.15, 0.2) is 0 Å². The van der Waals surface area contributed by atoms with Crippen LogP contribution in [0.5, 0.6) is 0 Å². The number of benzene rings is 2. The van der Waals surface area contributed by atoms with E-state index in [9.17, 15) is 0 Å². The van der Waals surface area contributed by atoms with Crippen molar-refractivity contribution in [3.8, 4) is 0 Å². The van der Waals surface area contributed by atoms with Crippen molar-refractivity contribution in [1.29, 1.82) is 0 Å². The van der Waals surface area contributed by atoms with Crippen LogP contribution in [-0.2, 0) is 22.7 Å². The molecule has 2 aromatic carbocycles. The van der Waals surface area contributed by atoms with Crippen LogP contribution < -0.4 is 5.32 Å². The van der Waals surface area contributed by atoms with Crippen molar-refractivity contribution in [1.82, 2.24) is 5.32 Å². The number of hydrogen-bond acceptors (Lipinski definition) is 2. The third-order valence-corrected chi connectivity index (χ3v) is 4.42. The van der Waals surface area contributed by atoms with Gasteiger partial charge in [-0.3, -0.25) is 0 Å². The summed E-state index contributed by atoms with van der Waals surface area (Å²) in [5.41, 5.74) is 2.46. The van der Waals surface area contributed by atoms with E-state index in [-0.39, 0.29) is 0 Å². The molecule has 2 aromatic rings. The van der Waals surface area contributed by atoms with E-state index in [4.69, 9.17) is 14.8 Å². The Morgan fingerprint density at radius 3 is 2.00 bits per heavy atom. The van der Waals surface area contributed by atoms with Gasteiger partial charge in [-0.1, -0.05) is 60.7 Å². The molecule has 1 saturated heterocycles. The van der Waals surface area contributed by atoms with E-state index in [0.29, 0.717) is 31.8 Å². The van der Waals surface area contributed by atoms with Gasteiger partial charge in [0.2, 0.25) is 0 Å². The fourth-order valence-electron chi connectivity index (χ4n) is 3.09. The van der Waals surface area contributed by atoms with E-state index < -0.39 is 0 Å². The summed E-state index contributed by atoms with van der Waals surface area (Å²) in [5, 5.41) is 4.70. The second-order valence-corrected chi connectivity index (χ2v) is 6.45. The molecular weight excluding hydrogens is 298 g/mol. The highest BCUT2D eigenvalue weighted by atomic mass is 16.5. The summed E-state index contributed by atoms with van der Waals surface area (Å²) in [5.74, 6) is 0.594. The molecule has 127 valence electrons. The molecule has 0 spiro atoms. The van der Waals surface area contributed by atoms with Gasteiger partial charge in [0.25, 0.3) is 0 Å². The molecule has 0 aliphatic carbocycles. The summed E-state index contributed by atoms with van der Waals surface area (Å²) >= 11 is 0. The molecule has 3 nitrogen and oxygen atoms in total. The SMILES string of the molecule is c1ccc(COCC2CC[N]C(COCc3ccccc3)C2)cc1. The molecule has 0 bridgehead atoms. The Bertz CT molecular complexity index is 521. The second kappa shape index (κ2) is 9.58. The Morgan fingerprint density at radius 1 is 0.792 bits per heavy atom. The fourth-order valence-corrected chi connectivity index (χ4v) is 3.09. The van der Waals surface area contributed by atoms with Crippen molar-refractivity contribution in [2.75, 3.05) is 19.8 Å². The highest BCUT2D eigenvalue weighted by molar-refractivity contribution is 5.14. The smallest absolute Gasteiger partial charge is 0.0717 e. The summed E-state index contributed by atoms with van der Waals surface area (Å²) in [6, 6.07) is 21.0. The summed E-state index contributed by atoms with van der Waals surface area (Å²) in [4.78, 5) is 0. The first kappa shape index (κ1) is 17.2. The van der Waals surface area contributed by atoms with Crippen molar-refractivity contribution >= 4 is 0 Å². The van der Waals surface area contributed by atoms with Crippen LogP contribution in [0.3, 0.4) is 0 Å². The third kappa shape index (κ3) is 5.75. The largest absolute Gasteiger partial charge is 0.376 e. The molecule has 1 radical (unpaired) electrons. The van der Waals surface area contributed by atoms with E-state index in [1.807, 2.05) is 24.3 Å². The molecule has 1 aliphatic heterocycles. The van der Waals surface area contributed by atoms with Crippen LogP contribution >= 0.6 is 0 Å². The molecule has 0 amide bonds. The van der Waals surface area contributed by atoms with Crippen LogP contribution in [0.25, 0.3) is 0 Å². The Morgan fingerprint density at radius 2 is 1.38 bits per heavy atom. The Kier molecular flexibility index (Phi) is 6.84. The minimum Gasteiger partial charge on any atom is -0.376 e. The topological polar surface area (TPSA) is 32.6 Å². The zero-order chi connectivity index (χ0) is 16.5. The van der Waals surface area contributed by atoms with Crippen molar-refractivity contribution in [3.05, 3.63) is 71.8 Å². The Labute approximate surface area is 145 Å². The van der Waals surface area contributed by atoms with Gasteiger partial charge in [-0.25, -0.2) is 5.32 Å². The normalized spacial score (nSPS) is 20.8. The second-order valence-electron chi connectivity index (χ2n) is 6.45. The summed E-state index contributed by atoms with van der Waals surface area (Å²) in [6.45, 7) is 3.83. The van der Waals surface area contributed by atoms with E-state index in [1.54, 1.807) is 0 Å². The highest BCUT2D eigenvalue weighted by Gasteiger charge is 2.22. The lowest BCUT2D eigenvalue weighted by molar-refractivity contribution is 0.0454. The molecule has 2 unspecified atom stereocenters. The molecule has 1 heterocycles. The average molecular weight is 324 g/mol. The van der Waals surface area contributed by atoms with Gasteiger partial charge >= 0.3 is 0 Å². The van der Waals surface area contributed by atoms with Crippen LogP contribution in [0, 0.1) is 5.92 Å². The van der Waals surface area contributed by atoms with E-state index in [0.717, 1.165) is 26.0 Å². The van der Waals surface area contributed by atoms with Gasteiger partial charge in [0, 0.05) is 19.2 Å². The lowest BCUT2D eigenvalue weighted by Crippen LogP contribution is -2.37. The lowest BCUT2D eigenvalue weighted by Gasteiger charge is -2.28. The minimum atomic E-state index is 0.313. The molecule has 0 N–H and O–H groups in total. The van der Waals surface area contributed by atoms with Crippen LogP contribution in [0.2, 0.25) is 0 Å². The minimum absolute atomic E-state index is 0.313. The molecule has 1 aliphatic rings. The monoisotopic (exact) mass is 324 g/mol. The number of rotatable bonds is 8. The molecule has 0 aromatic heterocycles. The number of hydrogen-bond donors (Lipinski definition) is 0. The van der Waals surface area contributed by atoms with Crippen LogP contribution in [0.15, 0.2) is 60.7 Å². The van der Waals surface area contributed by atoms with E-state index >= 15 is 0 Å². The van der Waals surface area contributed by atoms with Crippen LogP contribution in [-0.4, -0.2) is 25.8 Å². The van der Waals surface area contributed by atoms with Gasteiger partial charge in [-0.05, 0) is 29.9 Å². The van der Waals surface area contributed by atoms with Gasteiger partial charge < -0.3 is 9.47 Å². The lowest BCUT2D eigenvalue weighted by atomic mass is 9.93. The predicted molar refractivity (Wildman–Crippen MR) is 95.7 cm³/mol. The average Bonchev–Trinajstić information content (AvgIpc) is 2.64. The molecule has 3 heteroatoms. The zero-order valence-electron chi connectivity index (χ0n) is 14.1. The van der Waals surface area contributed by atoms with Crippen molar-refractivity contribution < 1.29 is 9.47 Å². The van der Waals surface area contributed by atoms with Crippen LogP contribution in [0.4, 0.5) is 0 Å². The molecule has 2 atom stereocenters. The van der Waals surface area contributed by atoms with Gasteiger partial charge in [-0.2, -0.15) is 0 Å². The standard InChI is InChI=1S/C21H26NO2/c1-3-7-18(8-4-1)14-23-16-20-11-12-22-21(13-20)17-24-15-19-9-5-2-6-10-19/h1-10,20-21H,11-17H2. The number of piperidine rings is 1. The highest BCUT2D eigenvalue weighted by Crippen LogP contribution is 2.19. The number of ether oxygens (including phenoxy) is 2. The van der Waals surface area contributed by atoms with Crippen molar-refractivity contribution in [2.45, 2.75) is 32.1 Å². The first-order valence-corrected chi connectivity index (χ1v) is 8.80. The van der Waals surface area contributed by atoms with E-state index in [1.165, 1.54) is 11.1 Å². The Hall–Kier alpha value is -1.68. The van der Waals surface area contributed by atoms with E-state index in [2.05, 4.69) is 36.4 Å². The van der Waals surface area contributed by atoms with Crippen molar-refractivity contribution in [3.63, 3.8) is 0 Å². The number of nitrogens with zero attached hydrogens (tertiary/aromatic N) is 1. The molecule has 1 fully saturated rings. The molecular formula is C21H26NO2. The molecule has 24 heavy (non-hydrogen) atoms. The first-order chi connectivity index (χ1) is 11.9. The molecule has 0 saturated carbocycles. The molecule has 3 rings (SSSR count). The van der Waals surface area contributed by atoms with Gasteiger partial charge in [-0.15, -0.1) is 0 Å². The maximum Gasteiger partial charge on any atom is 0.0717 e. The van der Waals surface area contributed by atoms with Crippen LogP contribution in [0.1, 0.15) is 24.0 Å². The summed E-state index contributed by atoms with van der Waals surface area (Å²) in [7, 11) is 0. The summed E-state index contributed by atoms with van der Waals surface area (Å²) in [6.07, 6.45) is 2.20. The fraction of sp³-hybridized carbons (Fsp3) is 0.429. The van der Waals surface area contributed by atoms with Gasteiger partial charge in [0.05, 0.1) is 19.8 Å². The summed E-state index contributed by atoms with van der Waals surface area (Å²) < 4.78 is 11.7. The zero-order valence-corrected chi connectivity index (χ0v) is 14.1. The maximum absolute atomic E-state index is 5.90. The Balaban J connectivity index is 1.33. The predicted octanol–water partition coefficient (Wildman–Crippen LogP) is 3.80.